The van der Waals surface area contributed by atoms with Crippen LogP contribution in [0, 0.1) is 24.2 Å². The van der Waals surface area contributed by atoms with Crippen molar-refractivity contribution in [3.63, 3.8) is 0 Å². The molecule has 0 unspecified atom stereocenters. The molecular weight excluding hydrogens is 420 g/mol. The first-order chi connectivity index (χ1) is 16.0. The van der Waals surface area contributed by atoms with Gasteiger partial charge in [-0.2, -0.15) is 5.26 Å². The number of benzene rings is 2. The molecule has 2 heterocycles. The summed E-state index contributed by atoms with van der Waals surface area (Å²) in [4.78, 5) is 27.2. The molecular formula is C25H24N4O4. The number of ether oxygens (including phenoxy) is 1. The molecule has 8 nitrogen and oxygen atoms in total. The van der Waals surface area contributed by atoms with Gasteiger partial charge in [0.1, 0.15) is 18.1 Å². The van der Waals surface area contributed by atoms with Crippen molar-refractivity contribution in [2.75, 3.05) is 18.4 Å². The molecule has 1 aliphatic heterocycles. The summed E-state index contributed by atoms with van der Waals surface area (Å²) in [5, 5.41) is 15.8. The number of amides is 2. The van der Waals surface area contributed by atoms with Crippen LogP contribution < -0.4 is 10.1 Å². The number of nitrogens with zero attached hydrogens (tertiary/aromatic N) is 3. The van der Waals surface area contributed by atoms with Gasteiger partial charge in [-0.1, -0.05) is 29.4 Å². The number of hydrogen-bond acceptors (Lipinski definition) is 6. The number of carbonyl (C=O) groups excluding carboxylic acids is 2. The Morgan fingerprint density at radius 1 is 1.18 bits per heavy atom. The van der Waals surface area contributed by atoms with Gasteiger partial charge in [0.2, 0.25) is 5.91 Å². The van der Waals surface area contributed by atoms with Crippen LogP contribution >= 0.6 is 0 Å². The molecule has 0 atom stereocenters. The Morgan fingerprint density at radius 3 is 2.70 bits per heavy atom. The van der Waals surface area contributed by atoms with Gasteiger partial charge in [-0.25, -0.2) is 0 Å². The Morgan fingerprint density at radius 2 is 1.97 bits per heavy atom. The summed E-state index contributed by atoms with van der Waals surface area (Å²) < 4.78 is 10.8. The summed E-state index contributed by atoms with van der Waals surface area (Å²) >= 11 is 0. The molecule has 168 valence electrons. The third-order valence-electron chi connectivity index (χ3n) is 5.65. The number of likely N-dealkylation sites (tertiary alicyclic amines) is 1. The van der Waals surface area contributed by atoms with E-state index in [2.05, 4.69) is 16.5 Å². The Balaban J connectivity index is 1.32. The predicted octanol–water partition coefficient (Wildman–Crippen LogP) is 3.92. The van der Waals surface area contributed by atoms with Gasteiger partial charge in [-0.15, -0.1) is 0 Å². The lowest BCUT2D eigenvalue weighted by Crippen LogP contribution is -2.41. The lowest BCUT2D eigenvalue weighted by molar-refractivity contribution is -0.121. The Labute approximate surface area is 191 Å². The second kappa shape index (κ2) is 10.0. The lowest BCUT2D eigenvalue weighted by Gasteiger charge is -2.31. The number of carbonyl (C=O) groups is 2. The van der Waals surface area contributed by atoms with Gasteiger partial charge in [0, 0.05) is 36.2 Å². The monoisotopic (exact) mass is 444 g/mol. The van der Waals surface area contributed by atoms with E-state index in [0.717, 1.165) is 5.56 Å². The van der Waals surface area contributed by atoms with Crippen LogP contribution in [-0.2, 0) is 11.4 Å². The second-order valence-electron chi connectivity index (χ2n) is 7.96. The third-order valence-corrected chi connectivity index (χ3v) is 5.65. The molecule has 0 saturated carbocycles. The van der Waals surface area contributed by atoms with E-state index in [0.29, 0.717) is 54.4 Å². The van der Waals surface area contributed by atoms with Crippen molar-refractivity contribution in [3.8, 4) is 11.8 Å². The van der Waals surface area contributed by atoms with Crippen LogP contribution in [-0.4, -0.2) is 35.0 Å². The van der Waals surface area contributed by atoms with E-state index in [1.165, 1.54) is 0 Å². The molecule has 4 rings (SSSR count). The standard InChI is InChI=1S/C25H24N4O4/c1-17-13-23(28-33-17)27-24(30)18-9-11-29(12-10-18)25(31)19-7-4-8-22(14-19)32-16-21-6-3-2-5-20(21)15-26/h2-8,13-14,18H,9-12,16H2,1H3,(H,27,28,30). The number of hydrogen-bond donors (Lipinski definition) is 1. The van der Waals surface area contributed by atoms with Crippen molar-refractivity contribution < 1.29 is 18.8 Å². The zero-order valence-electron chi connectivity index (χ0n) is 18.3. The van der Waals surface area contributed by atoms with E-state index >= 15 is 0 Å². The molecule has 33 heavy (non-hydrogen) atoms. The summed E-state index contributed by atoms with van der Waals surface area (Å²) in [6, 6.07) is 18.1. The zero-order chi connectivity index (χ0) is 23.2. The van der Waals surface area contributed by atoms with Crippen molar-refractivity contribution in [1.82, 2.24) is 10.1 Å². The second-order valence-corrected chi connectivity index (χ2v) is 7.96. The van der Waals surface area contributed by atoms with Gasteiger partial charge < -0.3 is 19.5 Å². The van der Waals surface area contributed by atoms with Gasteiger partial charge in [-0.3, -0.25) is 9.59 Å². The predicted molar refractivity (Wildman–Crippen MR) is 120 cm³/mol. The third kappa shape index (κ3) is 5.39. The minimum atomic E-state index is -0.180. The van der Waals surface area contributed by atoms with Crippen molar-refractivity contribution in [2.45, 2.75) is 26.4 Å². The average Bonchev–Trinajstić information content (AvgIpc) is 3.27. The molecule has 1 aromatic heterocycles. The average molecular weight is 444 g/mol. The highest BCUT2D eigenvalue weighted by Gasteiger charge is 2.28. The van der Waals surface area contributed by atoms with Gasteiger partial charge in [0.05, 0.1) is 11.6 Å². The fraction of sp³-hybridized carbons (Fsp3) is 0.280. The quantitative estimate of drug-likeness (QED) is 0.617. The summed E-state index contributed by atoms with van der Waals surface area (Å²) in [6.07, 6.45) is 1.16. The smallest absolute Gasteiger partial charge is 0.253 e. The van der Waals surface area contributed by atoms with E-state index in [1.807, 2.05) is 18.2 Å². The van der Waals surface area contributed by atoms with Crippen LogP contribution in [0.15, 0.2) is 59.1 Å². The zero-order valence-corrected chi connectivity index (χ0v) is 18.3. The number of piperidine rings is 1. The fourth-order valence-corrected chi connectivity index (χ4v) is 3.82. The maximum absolute atomic E-state index is 13.0. The molecule has 3 aromatic rings. The Hall–Kier alpha value is -4.12. The number of aryl methyl sites for hydroxylation is 1. The lowest BCUT2D eigenvalue weighted by atomic mass is 9.95. The fourth-order valence-electron chi connectivity index (χ4n) is 3.82. The molecule has 0 radical (unpaired) electrons. The van der Waals surface area contributed by atoms with Crippen molar-refractivity contribution >= 4 is 17.6 Å². The number of rotatable bonds is 6. The van der Waals surface area contributed by atoms with Crippen LogP contribution in [0.2, 0.25) is 0 Å². The molecule has 1 N–H and O–H groups in total. The highest BCUT2D eigenvalue weighted by molar-refractivity contribution is 5.95. The minimum Gasteiger partial charge on any atom is -0.489 e. The number of nitrogens with one attached hydrogen (secondary N) is 1. The van der Waals surface area contributed by atoms with E-state index in [9.17, 15) is 14.9 Å². The topological polar surface area (TPSA) is 108 Å². The molecule has 1 saturated heterocycles. The highest BCUT2D eigenvalue weighted by Crippen LogP contribution is 2.23. The van der Waals surface area contributed by atoms with E-state index in [-0.39, 0.29) is 24.3 Å². The molecule has 1 fully saturated rings. The van der Waals surface area contributed by atoms with Crippen LogP contribution in [0.3, 0.4) is 0 Å². The number of nitriles is 1. The summed E-state index contributed by atoms with van der Waals surface area (Å²) in [5.41, 5.74) is 1.88. The maximum atomic E-state index is 13.0. The SMILES string of the molecule is Cc1cc(NC(=O)C2CCN(C(=O)c3cccc(OCc4ccccc4C#N)c3)CC2)no1. The summed E-state index contributed by atoms with van der Waals surface area (Å²) in [7, 11) is 0. The van der Waals surface area contributed by atoms with E-state index < -0.39 is 0 Å². The minimum absolute atomic E-state index is 0.0936. The molecule has 1 aliphatic rings. The van der Waals surface area contributed by atoms with Crippen molar-refractivity contribution in [1.29, 1.82) is 5.26 Å². The van der Waals surface area contributed by atoms with Crippen LogP contribution in [0.25, 0.3) is 0 Å². The van der Waals surface area contributed by atoms with E-state index in [4.69, 9.17) is 9.26 Å². The van der Waals surface area contributed by atoms with Crippen LogP contribution in [0.4, 0.5) is 5.82 Å². The molecule has 8 heteroatoms. The summed E-state index contributed by atoms with van der Waals surface area (Å²) in [6.45, 7) is 3.00. The number of anilines is 1. The Bertz CT molecular complexity index is 1190. The summed E-state index contributed by atoms with van der Waals surface area (Å²) in [5.74, 6) is 1.22. The normalized spacial score (nSPS) is 13.9. The van der Waals surface area contributed by atoms with E-state index in [1.54, 1.807) is 48.2 Å². The largest absolute Gasteiger partial charge is 0.489 e. The molecule has 0 spiro atoms. The highest BCUT2D eigenvalue weighted by atomic mass is 16.5. The van der Waals surface area contributed by atoms with Gasteiger partial charge in [-0.05, 0) is 44.0 Å². The molecule has 0 aliphatic carbocycles. The van der Waals surface area contributed by atoms with Gasteiger partial charge >= 0.3 is 0 Å². The first-order valence-electron chi connectivity index (χ1n) is 10.8. The van der Waals surface area contributed by atoms with Crippen LogP contribution in [0.1, 0.15) is 40.1 Å². The Kier molecular flexibility index (Phi) is 6.69. The maximum Gasteiger partial charge on any atom is 0.253 e. The number of aromatic nitrogens is 1. The first kappa shape index (κ1) is 22.1. The molecule has 2 amide bonds. The van der Waals surface area contributed by atoms with Gasteiger partial charge in [0.15, 0.2) is 5.82 Å². The molecule has 0 bridgehead atoms. The van der Waals surface area contributed by atoms with Gasteiger partial charge in [0.25, 0.3) is 5.91 Å². The molecule has 2 aromatic carbocycles. The first-order valence-corrected chi connectivity index (χ1v) is 10.8. The van der Waals surface area contributed by atoms with Crippen molar-refractivity contribution in [2.24, 2.45) is 5.92 Å². The van der Waals surface area contributed by atoms with Crippen LogP contribution in [0.5, 0.6) is 5.75 Å². The van der Waals surface area contributed by atoms with Crippen molar-refractivity contribution in [3.05, 3.63) is 77.0 Å².